The molecule has 0 saturated carbocycles. The van der Waals surface area contributed by atoms with Crippen LogP contribution in [0.3, 0.4) is 0 Å². The van der Waals surface area contributed by atoms with Crippen molar-refractivity contribution in [2.24, 2.45) is 0 Å². The molecule has 1 aromatic heterocycles. The van der Waals surface area contributed by atoms with Gasteiger partial charge < -0.3 is 4.57 Å². The number of hydrogen-bond acceptors (Lipinski definition) is 1. The highest BCUT2D eigenvalue weighted by Gasteiger charge is 2.30. The summed E-state index contributed by atoms with van der Waals surface area (Å²) in [5.41, 5.74) is 7.33. The molecule has 0 N–H and O–H groups in total. The van der Waals surface area contributed by atoms with Crippen molar-refractivity contribution in [3.63, 3.8) is 0 Å². The Kier molecular flexibility index (Phi) is 4.61. The van der Waals surface area contributed by atoms with Crippen molar-refractivity contribution < 1.29 is 4.79 Å². The second-order valence-electron chi connectivity index (χ2n) is 7.58. The van der Waals surface area contributed by atoms with Crippen molar-refractivity contribution in [2.75, 3.05) is 0 Å². The lowest BCUT2D eigenvalue weighted by Gasteiger charge is -2.19. The Labute approximate surface area is 171 Å². The maximum atomic E-state index is 13.7. The molecule has 1 aliphatic heterocycles. The van der Waals surface area contributed by atoms with Gasteiger partial charge in [-0.2, -0.15) is 0 Å². The number of carbonyl (C=O) groups excluding carboxylic acids is 1. The van der Waals surface area contributed by atoms with E-state index in [0.29, 0.717) is 0 Å². The van der Waals surface area contributed by atoms with Crippen molar-refractivity contribution in [1.29, 1.82) is 0 Å². The minimum Gasteiger partial charge on any atom is -0.343 e. The number of nitrogens with zero attached hydrogens (tertiary/aromatic N) is 1. The monoisotopic (exact) mass is 377 g/mol. The molecule has 3 aromatic carbocycles. The predicted molar refractivity (Wildman–Crippen MR) is 118 cm³/mol. The summed E-state index contributed by atoms with van der Waals surface area (Å²) in [6.45, 7) is 0.960. The second-order valence-corrected chi connectivity index (χ2v) is 7.58. The smallest absolute Gasteiger partial charge is 0.195 e. The summed E-state index contributed by atoms with van der Waals surface area (Å²) in [4.78, 5) is 13.7. The van der Waals surface area contributed by atoms with Gasteiger partial charge in [-0.25, -0.2) is 0 Å². The third kappa shape index (κ3) is 3.11. The molecule has 0 radical (unpaired) electrons. The Bertz CT molecular complexity index is 1140. The van der Waals surface area contributed by atoms with Crippen LogP contribution in [0.25, 0.3) is 22.4 Å². The van der Waals surface area contributed by atoms with Crippen LogP contribution in [0.1, 0.15) is 34.5 Å². The van der Waals surface area contributed by atoms with E-state index in [-0.39, 0.29) is 5.78 Å². The van der Waals surface area contributed by atoms with Crippen molar-refractivity contribution in [3.05, 3.63) is 108 Å². The fraction of sp³-hybridized carbons (Fsp3) is 0.148. The molecule has 29 heavy (non-hydrogen) atoms. The summed E-state index contributed by atoms with van der Waals surface area (Å²) in [6.07, 6.45) is 3.22. The first kappa shape index (κ1) is 17.7. The molecule has 0 bridgehead atoms. The largest absolute Gasteiger partial charge is 0.343 e. The van der Waals surface area contributed by atoms with Gasteiger partial charge in [0.25, 0.3) is 0 Å². The summed E-state index contributed by atoms with van der Waals surface area (Å²) < 4.78 is 2.40. The second kappa shape index (κ2) is 7.56. The zero-order valence-electron chi connectivity index (χ0n) is 16.3. The van der Waals surface area contributed by atoms with E-state index in [1.54, 1.807) is 0 Å². The van der Waals surface area contributed by atoms with Gasteiger partial charge in [-0.15, -0.1) is 0 Å². The Hall–Kier alpha value is -3.39. The molecule has 1 aliphatic rings. The Morgan fingerprint density at radius 3 is 1.93 bits per heavy atom. The normalized spacial score (nSPS) is 13.1. The van der Waals surface area contributed by atoms with Gasteiger partial charge in [0.2, 0.25) is 0 Å². The zero-order valence-corrected chi connectivity index (χ0v) is 16.3. The summed E-state index contributed by atoms with van der Waals surface area (Å²) in [5, 5.41) is 0. The van der Waals surface area contributed by atoms with E-state index in [2.05, 4.69) is 53.1 Å². The van der Waals surface area contributed by atoms with Crippen LogP contribution in [0.2, 0.25) is 0 Å². The molecule has 0 fully saturated rings. The van der Waals surface area contributed by atoms with E-state index < -0.39 is 0 Å². The lowest BCUT2D eigenvalue weighted by molar-refractivity contribution is 0.103. The number of fused-ring (bicyclic) bond motifs is 1. The number of aromatic nitrogens is 1. The molecular weight excluding hydrogens is 354 g/mol. The van der Waals surface area contributed by atoms with Gasteiger partial charge in [-0.1, -0.05) is 91.0 Å². The number of benzene rings is 3. The summed E-state index contributed by atoms with van der Waals surface area (Å²) in [7, 11) is 0. The third-order valence-corrected chi connectivity index (χ3v) is 5.79. The number of rotatable bonds is 4. The molecule has 0 unspecified atom stereocenters. The van der Waals surface area contributed by atoms with E-state index in [1.165, 1.54) is 17.0 Å². The first-order valence-corrected chi connectivity index (χ1v) is 10.3. The first-order chi connectivity index (χ1) is 14.3. The van der Waals surface area contributed by atoms with Crippen molar-refractivity contribution in [1.82, 2.24) is 4.57 Å². The maximum absolute atomic E-state index is 13.7. The zero-order chi connectivity index (χ0) is 19.6. The van der Waals surface area contributed by atoms with Gasteiger partial charge in [-0.3, -0.25) is 4.79 Å². The minimum atomic E-state index is 0.122. The Balaban J connectivity index is 1.85. The summed E-state index contributed by atoms with van der Waals surface area (Å²) in [5.74, 6) is 0.122. The molecule has 2 nitrogen and oxygen atoms in total. The average Bonchev–Trinajstić information content (AvgIpc) is 3.15. The third-order valence-electron chi connectivity index (χ3n) is 5.79. The first-order valence-electron chi connectivity index (χ1n) is 10.3. The number of hydrogen-bond donors (Lipinski definition) is 0. The van der Waals surface area contributed by atoms with Crippen LogP contribution >= 0.6 is 0 Å². The van der Waals surface area contributed by atoms with Crippen LogP contribution in [-0.2, 0) is 13.0 Å². The molecular formula is C27H23NO. The summed E-state index contributed by atoms with van der Waals surface area (Å²) >= 11 is 0. The van der Waals surface area contributed by atoms with Gasteiger partial charge in [0, 0.05) is 23.4 Å². The lowest BCUT2D eigenvalue weighted by atomic mass is 9.91. The summed E-state index contributed by atoms with van der Waals surface area (Å²) in [6, 6.07) is 30.6. The Morgan fingerprint density at radius 1 is 0.690 bits per heavy atom. The van der Waals surface area contributed by atoms with E-state index in [0.717, 1.165) is 48.1 Å². The van der Waals surface area contributed by atoms with Crippen LogP contribution in [0.15, 0.2) is 91.0 Å². The lowest BCUT2D eigenvalue weighted by Crippen LogP contribution is -2.14. The molecule has 5 rings (SSSR count). The van der Waals surface area contributed by atoms with Crippen LogP contribution in [0.4, 0.5) is 0 Å². The van der Waals surface area contributed by atoms with Crippen molar-refractivity contribution >= 4 is 5.78 Å². The SMILES string of the molecule is O=C(c1ccccc1)c1c(-c2ccccc2)c(-c2ccccc2)n2c1CCCC2. The number of ketones is 1. The van der Waals surface area contributed by atoms with Crippen molar-refractivity contribution in [3.8, 4) is 22.4 Å². The standard InChI is InChI=1S/C27H23NO/c29-27(22-16-8-3-9-17-22)25-23-18-10-11-19-28(23)26(21-14-6-2-7-15-21)24(25)20-12-4-1-5-13-20/h1-9,12-17H,10-11,18-19H2. The Morgan fingerprint density at radius 2 is 1.28 bits per heavy atom. The minimum absolute atomic E-state index is 0.122. The molecule has 4 aromatic rings. The topological polar surface area (TPSA) is 22.0 Å². The van der Waals surface area contributed by atoms with Gasteiger partial charge in [0.05, 0.1) is 11.3 Å². The van der Waals surface area contributed by atoms with Gasteiger partial charge in [0.1, 0.15) is 0 Å². The highest BCUT2D eigenvalue weighted by Crippen LogP contribution is 2.42. The fourth-order valence-electron chi connectivity index (χ4n) is 4.50. The molecule has 0 amide bonds. The van der Waals surface area contributed by atoms with E-state index in [9.17, 15) is 4.79 Å². The van der Waals surface area contributed by atoms with Crippen LogP contribution in [0.5, 0.6) is 0 Å². The molecule has 0 aliphatic carbocycles. The van der Waals surface area contributed by atoms with E-state index >= 15 is 0 Å². The van der Waals surface area contributed by atoms with Crippen molar-refractivity contribution in [2.45, 2.75) is 25.8 Å². The molecule has 2 heteroatoms. The molecule has 0 atom stereocenters. The van der Waals surface area contributed by atoms with Gasteiger partial charge >= 0.3 is 0 Å². The van der Waals surface area contributed by atoms with Crippen LogP contribution in [-0.4, -0.2) is 10.4 Å². The van der Waals surface area contributed by atoms with Crippen LogP contribution in [0, 0.1) is 0 Å². The maximum Gasteiger partial charge on any atom is 0.195 e. The highest BCUT2D eigenvalue weighted by molar-refractivity contribution is 6.16. The molecule has 0 spiro atoms. The fourth-order valence-corrected chi connectivity index (χ4v) is 4.50. The predicted octanol–water partition coefficient (Wildman–Crippen LogP) is 6.39. The van der Waals surface area contributed by atoms with E-state index in [4.69, 9.17) is 0 Å². The molecule has 0 saturated heterocycles. The number of carbonyl (C=O) groups is 1. The van der Waals surface area contributed by atoms with E-state index in [1.807, 2.05) is 42.5 Å². The average molecular weight is 377 g/mol. The van der Waals surface area contributed by atoms with Crippen LogP contribution < -0.4 is 0 Å². The quantitative estimate of drug-likeness (QED) is 0.378. The van der Waals surface area contributed by atoms with Gasteiger partial charge in [-0.05, 0) is 30.4 Å². The molecule has 2 heterocycles. The molecule has 142 valence electrons. The highest BCUT2D eigenvalue weighted by atomic mass is 16.1. The van der Waals surface area contributed by atoms with Gasteiger partial charge in [0.15, 0.2) is 5.78 Å².